The van der Waals surface area contributed by atoms with Crippen molar-refractivity contribution in [3.05, 3.63) is 72.3 Å². The molecular weight excluding hydrogens is 352 g/mol. The van der Waals surface area contributed by atoms with Crippen LogP contribution in [0.2, 0.25) is 0 Å². The van der Waals surface area contributed by atoms with Crippen LogP contribution >= 0.6 is 0 Å². The van der Waals surface area contributed by atoms with E-state index in [-0.39, 0.29) is 17.4 Å². The second kappa shape index (κ2) is 7.80. The lowest BCUT2D eigenvalue weighted by molar-refractivity contribution is -0.188. The molecule has 1 aliphatic carbocycles. The maximum Gasteiger partial charge on any atom is 0.307 e. The monoisotopic (exact) mass is 378 g/mol. The molecule has 0 aromatic heterocycles. The van der Waals surface area contributed by atoms with E-state index in [9.17, 15) is 4.79 Å². The third kappa shape index (κ3) is 3.97. The molecule has 2 aromatic carbocycles. The lowest BCUT2D eigenvalue weighted by Gasteiger charge is -2.53. The second-order valence-corrected chi connectivity index (χ2v) is 8.00. The van der Waals surface area contributed by atoms with Gasteiger partial charge in [-0.05, 0) is 67.3 Å². The molecule has 28 heavy (non-hydrogen) atoms. The average molecular weight is 378 g/mol. The molecule has 4 nitrogen and oxygen atoms in total. The van der Waals surface area contributed by atoms with E-state index in [1.807, 2.05) is 48.5 Å². The zero-order valence-corrected chi connectivity index (χ0v) is 16.0. The van der Waals surface area contributed by atoms with Crippen molar-refractivity contribution in [2.45, 2.75) is 44.1 Å². The number of carbonyl (C=O) groups is 1. The van der Waals surface area contributed by atoms with Crippen molar-refractivity contribution >= 4 is 5.97 Å². The Labute approximate surface area is 165 Å². The molecule has 0 radical (unpaired) electrons. The zero-order valence-electron chi connectivity index (χ0n) is 16.0. The standard InChI is InChI=1S/C24H26O4/c25-22(26)11-4-5-12-23-13-15-24(16-14-23,27-18-23)19-7-6-10-21(17-19)28-20-8-2-1-3-9-20/h1-10,17H,11-16,18H2,(H,25,26)/b5-4+. The van der Waals surface area contributed by atoms with Crippen LogP contribution in [-0.4, -0.2) is 17.7 Å². The van der Waals surface area contributed by atoms with Crippen LogP contribution in [0.5, 0.6) is 11.5 Å². The first kappa shape index (κ1) is 18.8. The number of ether oxygens (including phenoxy) is 2. The highest BCUT2D eigenvalue weighted by atomic mass is 16.5. The van der Waals surface area contributed by atoms with Crippen molar-refractivity contribution in [3.8, 4) is 11.5 Å². The summed E-state index contributed by atoms with van der Waals surface area (Å²) < 4.78 is 12.4. The maximum absolute atomic E-state index is 10.7. The third-order valence-corrected chi connectivity index (χ3v) is 6.12. The number of hydrogen-bond acceptors (Lipinski definition) is 3. The molecule has 0 unspecified atom stereocenters. The topological polar surface area (TPSA) is 55.8 Å². The van der Waals surface area contributed by atoms with E-state index < -0.39 is 5.97 Å². The quantitative estimate of drug-likeness (QED) is 0.629. The number of aliphatic carboxylic acids is 1. The van der Waals surface area contributed by atoms with Crippen molar-refractivity contribution in [2.24, 2.45) is 5.41 Å². The van der Waals surface area contributed by atoms with Crippen LogP contribution in [0.25, 0.3) is 0 Å². The smallest absolute Gasteiger partial charge is 0.307 e. The summed E-state index contributed by atoms with van der Waals surface area (Å²) in [5.74, 6) is 0.882. The fourth-order valence-corrected chi connectivity index (χ4v) is 4.38. The van der Waals surface area contributed by atoms with Crippen LogP contribution in [0.3, 0.4) is 0 Å². The Kier molecular flexibility index (Phi) is 5.23. The molecule has 2 aliphatic heterocycles. The van der Waals surface area contributed by atoms with Crippen LogP contribution in [0.4, 0.5) is 0 Å². The van der Waals surface area contributed by atoms with E-state index in [4.69, 9.17) is 14.6 Å². The van der Waals surface area contributed by atoms with E-state index in [2.05, 4.69) is 12.1 Å². The summed E-state index contributed by atoms with van der Waals surface area (Å²) >= 11 is 0. The summed E-state index contributed by atoms with van der Waals surface area (Å²) in [4.78, 5) is 10.7. The molecular formula is C24H26O4. The van der Waals surface area contributed by atoms with Crippen LogP contribution in [0, 0.1) is 5.41 Å². The fraction of sp³-hybridized carbons (Fsp3) is 0.375. The highest BCUT2D eigenvalue weighted by Crippen LogP contribution is 2.55. The molecule has 2 heterocycles. The highest BCUT2D eigenvalue weighted by molar-refractivity contribution is 5.68. The lowest BCUT2D eigenvalue weighted by Crippen LogP contribution is -2.49. The summed E-state index contributed by atoms with van der Waals surface area (Å²) in [6.45, 7) is 0.730. The number of carboxylic acid groups (broad SMARTS) is 1. The molecule has 0 atom stereocenters. The SMILES string of the molecule is O=C(O)C/C=C/CC12CCC(c3cccc(Oc4ccccc4)c3)(CC1)OC2. The van der Waals surface area contributed by atoms with Gasteiger partial charge in [0.1, 0.15) is 11.5 Å². The first-order valence-electron chi connectivity index (χ1n) is 9.94. The van der Waals surface area contributed by atoms with Crippen molar-refractivity contribution in [2.75, 3.05) is 6.61 Å². The molecule has 1 saturated carbocycles. The number of rotatable bonds is 7. The summed E-state index contributed by atoms with van der Waals surface area (Å²) in [5, 5.41) is 8.77. The van der Waals surface area contributed by atoms with Crippen LogP contribution in [0.15, 0.2) is 66.7 Å². The van der Waals surface area contributed by atoms with Crippen LogP contribution in [0.1, 0.15) is 44.1 Å². The van der Waals surface area contributed by atoms with Gasteiger partial charge in [-0.3, -0.25) is 4.79 Å². The molecule has 4 heteroatoms. The predicted molar refractivity (Wildman–Crippen MR) is 107 cm³/mol. The molecule has 2 saturated heterocycles. The minimum Gasteiger partial charge on any atom is -0.481 e. The van der Waals surface area contributed by atoms with Crippen LogP contribution < -0.4 is 4.74 Å². The van der Waals surface area contributed by atoms with Crippen molar-refractivity contribution in [1.29, 1.82) is 0 Å². The van der Waals surface area contributed by atoms with Gasteiger partial charge in [0.05, 0.1) is 18.6 Å². The number of hydrogen-bond donors (Lipinski definition) is 1. The van der Waals surface area contributed by atoms with Gasteiger partial charge in [-0.2, -0.15) is 0 Å². The summed E-state index contributed by atoms with van der Waals surface area (Å²) in [6.07, 6.45) is 8.97. The molecule has 1 N–H and O–H groups in total. The van der Waals surface area contributed by atoms with Gasteiger partial charge >= 0.3 is 5.97 Å². The van der Waals surface area contributed by atoms with Gasteiger partial charge in [0, 0.05) is 0 Å². The Hall–Kier alpha value is -2.59. The van der Waals surface area contributed by atoms with Gasteiger partial charge < -0.3 is 14.6 Å². The largest absolute Gasteiger partial charge is 0.481 e. The number of fused-ring (bicyclic) bond motifs is 3. The Bertz CT molecular complexity index is 831. The van der Waals surface area contributed by atoms with Gasteiger partial charge in [-0.15, -0.1) is 0 Å². The van der Waals surface area contributed by atoms with Gasteiger partial charge in [0.25, 0.3) is 0 Å². The Morgan fingerprint density at radius 3 is 2.43 bits per heavy atom. The summed E-state index contributed by atoms with van der Waals surface area (Å²) in [6, 6.07) is 18.1. The van der Waals surface area contributed by atoms with Crippen LogP contribution in [-0.2, 0) is 15.1 Å². The number of para-hydroxylation sites is 1. The van der Waals surface area contributed by atoms with Gasteiger partial charge in [-0.25, -0.2) is 0 Å². The molecule has 0 amide bonds. The predicted octanol–water partition coefficient (Wildman–Crippen LogP) is 5.69. The first-order chi connectivity index (χ1) is 13.6. The van der Waals surface area contributed by atoms with E-state index in [1.54, 1.807) is 6.08 Å². The number of carboxylic acids is 1. The van der Waals surface area contributed by atoms with E-state index >= 15 is 0 Å². The van der Waals surface area contributed by atoms with Gasteiger partial charge in [-0.1, -0.05) is 42.5 Å². The fourth-order valence-electron chi connectivity index (χ4n) is 4.38. The number of allylic oxidation sites excluding steroid dienone is 1. The normalized spacial score (nSPS) is 26.4. The maximum atomic E-state index is 10.7. The molecule has 0 spiro atoms. The Morgan fingerprint density at radius 1 is 1.00 bits per heavy atom. The lowest BCUT2D eigenvalue weighted by atomic mass is 9.63. The average Bonchev–Trinajstić information content (AvgIpc) is 2.74. The highest BCUT2D eigenvalue weighted by Gasteiger charge is 2.50. The van der Waals surface area contributed by atoms with Crippen molar-refractivity contribution < 1.29 is 19.4 Å². The molecule has 5 rings (SSSR count). The Balaban J connectivity index is 1.43. The first-order valence-corrected chi connectivity index (χ1v) is 9.94. The minimum atomic E-state index is -0.783. The van der Waals surface area contributed by atoms with Gasteiger partial charge in [0.15, 0.2) is 0 Å². The molecule has 146 valence electrons. The zero-order chi connectivity index (χ0) is 19.5. The van der Waals surface area contributed by atoms with E-state index in [1.165, 1.54) is 5.56 Å². The van der Waals surface area contributed by atoms with Crippen molar-refractivity contribution in [1.82, 2.24) is 0 Å². The second-order valence-electron chi connectivity index (χ2n) is 8.00. The van der Waals surface area contributed by atoms with Crippen molar-refractivity contribution in [3.63, 3.8) is 0 Å². The molecule has 3 aliphatic rings. The van der Waals surface area contributed by atoms with Gasteiger partial charge in [0.2, 0.25) is 0 Å². The molecule has 2 bridgehead atoms. The molecule has 2 aromatic rings. The minimum absolute atomic E-state index is 0.0923. The summed E-state index contributed by atoms with van der Waals surface area (Å²) in [7, 11) is 0. The Morgan fingerprint density at radius 2 is 1.75 bits per heavy atom. The molecule has 3 fully saturated rings. The van der Waals surface area contributed by atoms with E-state index in [0.29, 0.717) is 0 Å². The number of benzene rings is 2. The summed E-state index contributed by atoms with van der Waals surface area (Å²) in [5.41, 5.74) is 1.13. The third-order valence-electron chi connectivity index (χ3n) is 6.12. The van der Waals surface area contributed by atoms with E-state index in [0.717, 1.165) is 50.2 Å².